The highest BCUT2D eigenvalue weighted by Gasteiger charge is 2.36. The summed E-state index contributed by atoms with van der Waals surface area (Å²) in [6, 6.07) is -5.84. The Morgan fingerprint density at radius 3 is 2.13 bits per heavy atom. The van der Waals surface area contributed by atoms with E-state index in [1.165, 1.54) is 0 Å². The zero-order chi connectivity index (χ0) is 35.0. The first-order chi connectivity index (χ1) is 21.7. The Bertz CT molecular complexity index is 1130. The Morgan fingerprint density at radius 2 is 1.59 bits per heavy atom. The molecule has 0 aromatic carbocycles. The summed E-state index contributed by atoms with van der Waals surface area (Å²) in [5, 5.41) is 27.5. The number of thiol groups is 1. The smallest absolute Gasteiger partial charge is 0.333 e. The van der Waals surface area contributed by atoms with Crippen LogP contribution >= 0.6 is 12.6 Å². The van der Waals surface area contributed by atoms with Crippen LogP contribution in [0.15, 0.2) is 11.6 Å². The van der Waals surface area contributed by atoms with Gasteiger partial charge in [0.2, 0.25) is 23.6 Å². The predicted molar refractivity (Wildman–Crippen MR) is 166 cm³/mol. The molecule has 0 spiro atoms. The van der Waals surface area contributed by atoms with Crippen molar-refractivity contribution < 1.29 is 53.2 Å². The average Bonchev–Trinajstić information content (AvgIpc) is 3.00. The first-order valence-corrected chi connectivity index (χ1v) is 15.6. The number of aliphatic carboxylic acids is 2. The van der Waals surface area contributed by atoms with Crippen LogP contribution in [0.25, 0.3) is 0 Å². The molecule has 10 N–H and O–H groups in total. The molecule has 46 heavy (non-hydrogen) atoms. The van der Waals surface area contributed by atoms with E-state index in [4.69, 9.17) is 31.2 Å². The largest absolute Gasteiger partial charge is 0.481 e. The highest BCUT2D eigenvalue weighted by Crippen LogP contribution is 2.24. The minimum atomic E-state index is -1.65. The second-order valence-electron chi connectivity index (χ2n) is 10.6. The molecule has 0 bridgehead atoms. The molecule has 1 aliphatic carbocycles. The molecular formula is C28H46N6O11S. The normalized spacial score (nSPS) is 19.5. The lowest BCUT2D eigenvalue weighted by atomic mass is 9.88. The van der Waals surface area contributed by atoms with Crippen LogP contribution < -0.4 is 32.7 Å². The monoisotopic (exact) mass is 674 g/mol. The van der Waals surface area contributed by atoms with Gasteiger partial charge in [-0.05, 0) is 25.8 Å². The molecule has 17 nitrogen and oxygen atoms in total. The number of hydrogen-bond acceptors (Lipinski definition) is 12. The number of nitrogens with one attached hydrogen (secondary N) is 4. The molecule has 6 atom stereocenters. The fourth-order valence-electron chi connectivity index (χ4n) is 4.37. The van der Waals surface area contributed by atoms with Crippen molar-refractivity contribution in [2.24, 2.45) is 11.5 Å². The molecule has 4 amide bonds. The summed E-state index contributed by atoms with van der Waals surface area (Å²) in [6.45, 7) is 5.34. The molecular weight excluding hydrogens is 628 g/mol. The number of carboxylic acids is 2. The molecule has 0 aliphatic heterocycles. The fourth-order valence-corrected chi connectivity index (χ4v) is 4.61. The van der Waals surface area contributed by atoms with Crippen molar-refractivity contribution in [3.63, 3.8) is 0 Å². The van der Waals surface area contributed by atoms with E-state index in [-0.39, 0.29) is 37.7 Å². The van der Waals surface area contributed by atoms with Gasteiger partial charge in [-0.3, -0.25) is 24.0 Å². The van der Waals surface area contributed by atoms with Crippen LogP contribution in [0, 0.1) is 0 Å². The van der Waals surface area contributed by atoms with Gasteiger partial charge in [-0.1, -0.05) is 13.8 Å². The van der Waals surface area contributed by atoms with Crippen LogP contribution in [0.3, 0.4) is 0 Å². The van der Waals surface area contributed by atoms with E-state index in [2.05, 4.69) is 33.9 Å². The molecule has 0 saturated heterocycles. The Kier molecular flexibility index (Phi) is 17.9. The van der Waals surface area contributed by atoms with Crippen LogP contribution in [0.5, 0.6) is 0 Å². The van der Waals surface area contributed by atoms with E-state index in [0.717, 1.165) is 12.8 Å². The zero-order valence-corrected chi connectivity index (χ0v) is 27.0. The fraction of sp³-hybridized carbons (Fsp3) is 0.679. The van der Waals surface area contributed by atoms with E-state index >= 15 is 0 Å². The van der Waals surface area contributed by atoms with Gasteiger partial charge in [0.1, 0.15) is 18.1 Å². The lowest BCUT2D eigenvalue weighted by Crippen LogP contribution is -2.57. The molecule has 0 unspecified atom stereocenters. The number of hydrogen-bond donors (Lipinski definition) is 9. The van der Waals surface area contributed by atoms with Crippen LogP contribution in [0.4, 0.5) is 0 Å². The number of rotatable bonds is 20. The predicted octanol–water partition coefficient (Wildman–Crippen LogP) is -2.05. The number of amides is 4. The average molecular weight is 675 g/mol. The van der Waals surface area contributed by atoms with Crippen LogP contribution in [0.2, 0.25) is 0 Å². The quantitative estimate of drug-likeness (QED) is 0.0497. The molecule has 0 aromatic heterocycles. The van der Waals surface area contributed by atoms with Crippen molar-refractivity contribution in [1.82, 2.24) is 21.3 Å². The standard InChI is InChI=1S/C28H46N6O11S/c1-4-15(5-2)45-20-10-14(28(43)44-6-3)9-17(24(20)30)32-22(36)8-7-21(35)31-12-16(29)25(39)33-18(11-23(37)38)26(40)34-19(13-46)27(41)42/h10,15-20,24,46H,4-9,11-13,29-30H2,1-3H3,(H,31,35)(H,32,36)(H,33,39)(H,34,40)(H,37,38)(H,41,42)/t16-,17-,18-,19-,20+,24+/m0/s1. The third-order valence-corrected chi connectivity index (χ3v) is 7.40. The van der Waals surface area contributed by atoms with Gasteiger partial charge in [0.05, 0.1) is 37.3 Å². The van der Waals surface area contributed by atoms with Gasteiger partial charge in [0.25, 0.3) is 0 Å². The first-order valence-electron chi connectivity index (χ1n) is 14.9. The van der Waals surface area contributed by atoms with Gasteiger partial charge < -0.3 is 52.4 Å². The van der Waals surface area contributed by atoms with Gasteiger partial charge in [0, 0.05) is 37.1 Å². The second-order valence-corrected chi connectivity index (χ2v) is 10.9. The molecule has 1 aliphatic rings. The Hall–Kier alpha value is -3.74. The Labute approximate surface area is 272 Å². The summed E-state index contributed by atoms with van der Waals surface area (Å²) in [7, 11) is 0. The SMILES string of the molecule is CCOC(=O)C1=C[C@@H](OC(CC)CC)[C@H](N)[C@@H](NC(=O)CCC(=O)NC[C@H](N)C(=O)N[C@@H](CC(=O)O)C(=O)N[C@@H](CS)C(=O)O)C1. The van der Waals surface area contributed by atoms with Crippen molar-refractivity contribution in [3.8, 4) is 0 Å². The van der Waals surface area contributed by atoms with Crippen molar-refractivity contribution in [1.29, 1.82) is 0 Å². The lowest BCUT2D eigenvalue weighted by Gasteiger charge is -2.36. The van der Waals surface area contributed by atoms with Gasteiger partial charge in [-0.2, -0.15) is 12.6 Å². The highest BCUT2D eigenvalue weighted by atomic mass is 32.1. The van der Waals surface area contributed by atoms with Crippen molar-refractivity contribution in [2.45, 2.75) is 102 Å². The molecule has 0 radical (unpaired) electrons. The van der Waals surface area contributed by atoms with Crippen molar-refractivity contribution in [3.05, 3.63) is 11.6 Å². The summed E-state index contributed by atoms with van der Waals surface area (Å²) in [5.74, 6) is -6.90. The maximum absolute atomic E-state index is 12.7. The molecule has 0 fully saturated rings. The summed E-state index contributed by atoms with van der Waals surface area (Å²) in [4.78, 5) is 84.8. The molecule has 18 heteroatoms. The van der Waals surface area contributed by atoms with Gasteiger partial charge >= 0.3 is 17.9 Å². The molecule has 260 valence electrons. The molecule has 0 saturated carbocycles. The zero-order valence-electron chi connectivity index (χ0n) is 26.2. The first kappa shape index (κ1) is 40.3. The van der Waals surface area contributed by atoms with E-state index in [1.54, 1.807) is 13.0 Å². The number of carbonyl (C=O) groups excluding carboxylic acids is 5. The second kappa shape index (κ2) is 20.4. The van der Waals surface area contributed by atoms with E-state index in [0.29, 0.717) is 5.57 Å². The minimum absolute atomic E-state index is 0.107. The maximum Gasteiger partial charge on any atom is 0.333 e. The number of nitrogens with two attached hydrogens (primary N) is 2. The number of carbonyl (C=O) groups is 7. The topological polar surface area (TPSA) is 279 Å². The molecule has 0 heterocycles. The summed E-state index contributed by atoms with van der Waals surface area (Å²) < 4.78 is 11.2. The number of carboxylic acid groups (broad SMARTS) is 2. The van der Waals surface area contributed by atoms with Gasteiger partial charge in [0.15, 0.2) is 0 Å². The molecule has 0 aromatic rings. The summed E-state index contributed by atoms with van der Waals surface area (Å²) in [6.07, 6.45) is 1.01. The maximum atomic E-state index is 12.7. The number of esters is 1. The summed E-state index contributed by atoms with van der Waals surface area (Å²) >= 11 is 3.81. The lowest BCUT2D eigenvalue weighted by molar-refractivity contribution is -0.143. The van der Waals surface area contributed by atoms with Crippen molar-refractivity contribution in [2.75, 3.05) is 18.9 Å². The Balaban J connectivity index is 2.70. The minimum Gasteiger partial charge on any atom is -0.481 e. The summed E-state index contributed by atoms with van der Waals surface area (Å²) in [5.41, 5.74) is 12.5. The third-order valence-electron chi connectivity index (χ3n) is 7.04. The molecule has 1 rings (SSSR count). The van der Waals surface area contributed by atoms with Crippen LogP contribution in [-0.4, -0.2) is 113 Å². The van der Waals surface area contributed by atoms with E-state index in [9.17, 15) is 33.6 Å². The number of ether oxygens (including phenoxy) is 2. The van der Waals surface area contributed by atoms with Crippen LogP contribution in [-0.2, 0) is 43.0 Å². The van der Waals surface area contributed by atoms with Gasteiger partial charge in [-0.15, -0.1) is 0 Å². The van der Waals surface area contributed by atoms with E-state index < -0.39 is 90.8 Å². The van der Waals surface area contributed by atoms with Crippen molar-refractivity contribution >= 4 is 54.2 Å². The third kappa shape index (κ3) is 13.7. The van der Waals surface area contributed by atoms with Gasteiger partial charge in [-0.25, -0.2) is 9.59 Å². The van der Waals surface area contributed by atoms with Crippen LogP contribution in [0.1, 0.15) is 59.3 Å². The highest BCUT2D eigenvalue weighted by molar-refractivity contribution is 7.80. The van der Waals surface area contributed by atoms with E-state index in [1.807, 2.05) is 13.8 Å². The Morgan fingerprint density at radius 1 is 0.978 bits per heavy atom.